The van der Waals surface area contributed by atoms with E-state index >= 15 is 0 Å². The minimum atomic E-state index is -0.286. The Kier molecular flexibility index (Phi) is 3.90. The number of carbonyl (C=O) groups excluding carboxylic acids is 1. The lowest BCUT2D eigenvalue weighted by Crippen LogP contribution is -2.25. The topological polar surface area (TPSA) is 52.0 Å². The molecule has 7 heteroatoms. The SMILES string of the molecule is O=C(Cn1ncccc1=O)c1cc(Br)sc1Br. The summed E-state index contributed by atoms with van der Waals surface area (Å²) in [5, 5.41) is 3.84. The van der Waals surface area contributed by atoms with Gasteiger partial charge in [-0.15, -0.1) is 11.3 Å². The van der Waals surface area contributed by atoms with Crippen molar-refractivity contribution in [3.05, 3.63) is 47.9 Å². The fourth-order valence-electron chi connectivity index (χ4n) is 1.26. The average Bonchev–Trinajstić information content (AvgIpc) is 2.61. The van der Waals surface area contributed by atoms with Gasteiger partial charge in [0.1, 0.15) is 6.54 Å². The van der Waals surface area contributed by atoms with Gasteiger partial charge in [-0.25, -0.2) is 4.68 Å². The third-order valence-corrected chi connectivity index (χ3v) is 4.38. The van der Waals surface area contributed by atoms with Crippen LogP contribution in [0, 0.1) is 0 Å². The Balaban J connectivity index is 2.26. The van der Waals surface area contributed by atoms with Crippen molar-refractivity contribution in [2.24, 2.45) is 0 Å². The average molecular weight is 378 g/mol. The molecule has 0 aromatic carbocycles. The molecular formula is C10H6Br2N2O2S. The van der Waals surface area contributed by atoms with Crippen molar-refractivity contribution in [2.75, 3.05) is 0 Å². The molecule has 0 spiro atoms. The predicted octanol–water partition coefficient (Wildman–Crippen LogP) is 2.71. The number of hydrogen-bond acceptors (Lipinski definition) is 4. The van der Waals surface area contributed by atoms with Crippen LogP contribution < -0.4 is 5.56 Å². The molecule has 0 aliphatic heterocycles. The second kappa shape index (κ2) is 5.24. The first-order chi connectivity index (χ1) is 8.08. The van der Waals surface area contributed by atoms with Crippen LogP contribution >= 0.6 is 43.2 Å². The van der Waals surface area contributed by atoms with Gasteiger partial charge in [-0.1, -0.05) is 0 Å². The summed E-state index contributed by atoms with van der Waals surface area (Å²) in [5.74, 6) is -0.153. The number of aromatic nitrogens is 2. The highest BCUT2D eigenvalue weighted by atomic mass is 79.9. The summed E-state index contributed by atoms with van der Waals surface area (Å²) in [5.41, 5.74) is 0.269. The van der Waals surface area contributed by atoms with E-state index in [2.05, 4.69) is 37.0 Å². The van der Waals surface area contributed by atoms with Crippen molar-refractivity contribution in [3.63, 3.8) is 0 Å². The maximum Gasteiger partial charge on any atom is 0.267 e. The van der Waals surface area contributed by atoms with Crippen LogP contribution in [-0.4, -0.2) is 15.6 Å². The van der Waals surface area contributed by atoms with E-state index in [1.807, 2.05) is 0 Å². The molecule has 0 aliphatic rings. The minimum Gasteiger partial charge on any atom is -0.292 e. The van der Waals surface area contributed by atoms with E-state index < -0.39 is 0 Å². The molecule has 0 aliphatic carbocycles. The van der Waals surface area contributed by atoms with Crippen molar-refractivity contribution in [2.45, 2.75) is 6.54 Å². The molecule has 4 nitrogen and oxygen atoms in total. The summed E-state index contributed by atoms with van der Waals surface area (Å²) in [6, 6.07) is 4.64. The third kappa shape index (κ3) is 2.91. The quantitative estimate of drug-likeness (QED) is 0.772. The molecule has 0 atom stereocenters. The number of ketones is 1. The molecule has 0 saturated heterocycles. The number of halogens is 2. The molecule has 0 bridgehead atoms. The van der Waals surface area contributed by atoms with Crippen LogP contribution in [-0.2, 0) is 6.54 Å². The lowest BCUT2D eigenvalue weighted by molar-refractivity contribution is 0.0965. The molecule has 2 heterocycles. The maximum atomic E-state index is 12.0. The zero-order valence-electron chi connectivity index (χ0n) is 8.39. The number of nitrogens with zero attached hydrogens (tertiary/aromatic N) is 2. The summed E-state index contributed by atoms with van der Waals surface area (Å²) >= 11 is 8.03. The Morgan fingerprint density at radius 2 is 2.24 bits per heavy atom. The second-order valence-electron chi connectivity index (χ2n) is 3.18. The van der Waals surface area contributed by atoms with Crippen LogP contribution in [0.1, 0.15) is 10.4 Å². The number of Topliss-reactive ketones (excluding diaryl/α,β-unsaturated/α-hetero) is 1. The van der Waals surface area contributed by atoms with Gasteiger partial charge in [-0.3, -0.25) is 9.59 Å². The van der Waals surface area contributed by atoms with Gasteiger partial charge in [0.05, 0.1) is 7.57 Å². The molecule has 2 aromatic heterocycles. The molecule has 88 valence electrons. The minimum absolute atomic E-state index is 0.0541. The molecule has 17 heavy (non-hydrogen) atoms. The molecular weight excluding hydrogens is 372 g/mol. The van der Waals surface area contributed by atoms with Crippen molar-refractivity contribution in [1.29, 1.82) is 0 Å². The van der Waals surface area contributed by atoms with E-state index in [9.17, 15) is 9.59 Å². The Labute approximate surface area is 118 Å². The highest BCUT2D eigenvalue weighted by Crippen LogP contribution is 2.32. The van der Waals surface area contributed by atoms with E-state index in [1.54, 1.807) is 12.1 Å². The van der Waals surface area contributed by atoms with Crippen LogP contribution in [0.5, 0.6) is 0 Å². The van der Waals surface area contributed by atoms with Crippen LogP contribution in [0.3, 0.4) is 0 Å². The van der Waals surface area contributed by atoms with E-state index in [0.717, 1.165) is 12.3 Å². The molecule has 0 fully saturated rings. The van der Waals surface area contributed by atoms with Gasteiger partial charge in [0.25, 0.3) is 5.56 Å². The monoisotopic (exact) mass is 376 g/mol. The van der Waals surface area contributed by atoms with E-state index in [1.165, 1.54) is 23.6 Å². The first-order valence-electron chi connectivity index (χ1n) is 4.58. The van der Waals surface area contributed by atoms with Crippen molar-refractivity contribution >= 4 is 49.0 Å². The predicted molar refractivity (Wildman–Crippen MR) is 72.5 cm³/mol. The normalized spacial score (nSPS) is 10.5. The zero-order chi connectivity index (χ0) is 12.4. The molecule has 2 rings (SSSR count). The number of carbonyl (C=O) groups is 1. The summed E-state index contributed by atoms with van der Waals surface area (Å²) in [4.78, 5) is 23.4. The van der Waals surface area contributed by atoms with E-state index in [0.29, 0.717) is 5.56 Å². The first-order valence-corrected chi connectivity index (χ1v) is 6.98. The fraction of sp³-hybridized carbons (Fsp3) is 0.100. The van der Waals surface area contributed by atoms with Gasteiger partial charge in [-0.2, -0.15) is 5.10 Å². The van der Waals surface area contributed by atoms with Gasteiger partial charge in [-0.05, 0) is 44.0 Å². The Bertz CT molecular complexity index is 621. The molecule has 0 radical (unpaired) electrons. The first kappa shape index (κ1) is 12.7. The lowest BCUT2D eigenvalue weighted by atomic mass is 10.2. The summed E-state index contributed by atoms with van der Waals surface area (Å²) < 4.78 is 2.75. The molecule has 2 aromatic rings. The van der Waals surface area contributed by atoms with Crippen molar-refractivity contribution in [3.8, 4) is 0 Å². The molecule has 0 saturated carbocycles. The van der Waals surface area contributed by atoms with Crippen LogP contribution in [0.2, 0.25) is 0 Å². The van der Waals surface area contributed by atoms with Gasteiger partial charge < -0.3 is 0 Å². The standard InChI is InChI=1S/C10H6Br2N2O2S/c11-8-4-6(10(12)17-8)7(15)5-14-9(16)2-1-3-13-14/h1-4H,5H2. The smallest absolute Gasteiger partial charge is 0.267 e. The number of rotatable bonds is 3. The number of thiophene rings is 1. The summed E-state index contributed by atoms with van der Waals surface area (Å²) in [6.45, 7) is -0.0541. The molecule has 0 amide bonds. The Morgan fingerprint density at radius 1 is 1.47 bits per heavy atom. The van der Waals surface area contributed by atoms with E-state index in [-0.39, 0.29) is 17.9 Å². The highest BCUT2D eigenvalue weighted by molar-refractivity contribution is 9.12. The van der Waals surface area contributed by atoms with Crippen LogP contribution in [0.15, 0.2) is 36.8 Å². The second-order valence-corrected chi connectivity index (χ2v) is 6.93. The zero-order valence-corrected chi connectivity index (χ0v) is 12.4. The van der Waals surface area contributed by atoms with Gasteiger partial charge in [0, 0.05) is 17.8 Å². The summed E-state index contributed by atoms with van der Waals surface area (Å²) in [6.07, 6.45) is 1.48. The van der Waals surface area contributed by atoms with Gasteiger partial charge in [0.2, 0.25) is 0 Å². The van der Waals surface area contributed by atoms with Crippen molar-refractivity contribution < 1.29 is 4.79 Å². The molecule has 0 unspecified atom stereocenters. The van der Waals surface area contributed by atoms with E-state index in [4.69, 9.17) is 0 Å². The van der Waals surface area contributed by atoms with Gasteiger partial charge >= 0.3 is 0 Å². The maximum absolute atomic E-state index is 12.0. The van der Waals surface area contributed by atoms with Gasteiger partial charge in [0.15, 0.2) is 5.78 Å². The lowest BCUT2D eigenvalue weighted by Gasteiger charge is -2.01. The van der Waals surface area contributed by atoms with Crippen molar-refractivity contribution in [1.82, 2.24) is 9.78 Å². The third-order valence-electron chi connectivity index (χ3n) is 2.04. The molecule has 0 N–H and O–H groups in total. The Morgan fingerprint density at radius 3 is 2.82 bits per heavy atom. The Hall–Kier alpha value is -0.790. The fourth-order valence-corrected chi connectivity index (χ4v) is 4.11. The van der Waals surface area contributed by atoms with Crippen LogP contribution in [0.25, 0.3) is 0 Å². The largest absolute Gasteiger partial charge is 0.292 e. The summed E-state index contributed by atoms with van der Waals surface area (Å²) in [7, 11) is 0. The van der Waals surface area contributed by atoms with Crippen LogP contribution in [0.4, 0.5) is 0 Å². The number of hydrogen-bond donors (Lipinski definition) is 0. The highest BCUT2D eigenvalue weighted by Gasteiger charge is 2.14.